The number of ether oxygens (including phenoxy) is 2. The van der Waals surface area contributed by atoms with E-state index in [2.05, 4.69) is 4.90 Å². The van der Waals surface area contributed by atoms with Crippen LogP contribution in [0.15, 0.2) is 12.1 Å². The van der Waals surface area contributed by atoms with Crippen molar-refractivity contribution in [1.82, 2.24) is 4.90 Å². The maximum atomic E-state index is 9.27. The van der Waals surface area contributed by atoms with E-state index in [1.807, 2.05) is 0 Å². The largest absolute Gasteiger partial charge is 0.496 e. The molecule has 1 fully saturated rings. The molecular weight excluding hydrogens is 246 g/mol. The molecular formula is C14H21NO4. The second-order valence-corrected chi connectivity index (χ2v) is 4.76. The topological polar surface area (TPSA) is 62.2 Å². The lowest BCUT2D eigenvalue weighted by atomic mass is 10.1. The van der Waals surface area contributed by atoms with Crippen molar-refractivity contribution in [3.05, 3.63) is 23.3 Å². The fourth-order valence-corrected chi connectivity index (χ4v) is 2.47. The molecule has 0 aliphatic carbocycles. The van der Waals surface area contributed by atoms with E-state index >= 15 is 0 Å². The average Bonchev–Trinajstić information content (AvgIpc) is 2.91. The van der Waals surface area contributed by atoms with Gasteiger partial charge in [0.15, 0.2) is 6.29 Å². The smallest absolute Gasteiger partial charge is 0.178 e. The summed E-state index contributed by atoms with van der Waals surface area (Å²) in [6.07, 6.45) is 0.916. The van der Waals surface area contributed by atoms with Crippen molar-refractivity contribution >= 4 is 0 Å². The molecule has 2 N–H and O–H groups in total. The van der Waals surface area contributed by atoms with Gasteiger partial charge in [-0.25, -0.2) is 0 Å². The monoisotopic (exact) mass is 267 g/mol. The van der Waals surface area contributed by atoms with Crippen molar-refractivity contribution in [3.8, 4) is 11.5 Å². The third-order valence-electron chi connectivity index (χ3n) is 3.51. The van der Waals surface area contributed by atoms with Gasteiger partial charge in [-0.3, -0.25) is 4.90 Å². The Morgan fingerprint density at radius 3 is 2.05 bits per heavy atom. The van der Waals surface area contributed by atoms with Crippen LogP contribution in [-0.2, 0) is 6.54 Å². The Bertz CT molecular complexity index is 402. The number of hydrogen-bond donors (Lipinski definition) is 2. The molecule has 1 aliphatic rings. The van der Waals surface area contributed by atoms with Crippen LogP contribution in [0, 0.1) is 0 Å². The number of rotatable bonds is 5. The fourth-order valence-electron chi connectivity index (χ4n) is 2.47. The summed E-state index contributed by atoms with van der Waals surface area (Å²) in [4.78, 5) is 2.34. The van der Waals surface area contributed by atoms with Gasteiger partial charge in [0.2, 0.25) is 0 Å². The van der Waals surface area contributed by atoms with Crippen LogP contribution in [0.5, 0.6) is 11.5 Å². The van der Waals surface area contributed by atoms with E-state index < -0.39 is 6.29 Å². The minimum Gasteiger partial charge on any atom is -0.496 e. The van der Waals surface area contributed by atoms with Gasteiger partial charge < -0.3 is 19.7 Å². The fraction of sp³-hybridized carbons (Fsp3) is 0.571. The standard InChI is InChI=1S/C14H21NO4/c1-18-12-7-10(14(16)17)8-13(19-2)11(12)9-15-5-3-4-6-15/h7-8,14,16-17H,3-6,9H2,1-2H3. The number of likely N-dealkylation sites (tertiary alicyclic amines) is 1. The van der Waals surface area contributed by atoms with Crippen molar-refractivity contribution in [1.29, 1.82) is 0 Å². The Labute approximate surface area is 113 Å². The lowest BCUT2D eigenvalue weighted by Gasteiger charge is -2.20. The molecule has 0 spiro atoms. The summed E-state index contributed by atoms with van der Waals surface area (Å²) in [6, 6.07) is 3.30. The SMILES string of the molecule is COc1cc(C(O)O)cc(OC)c1CN1CCCC1. The number of methoxy groups -OCH3 is 2. The molecule has 0 atom stereocenters. The third kappa shape index (κ3) is 3.18. The number of benzene rings is 1. The van der Waals surface area contributed by atoms with Crippen LogP contribution in [0.2, 0.25) is 0 Å². The molecule has 19 heavy (non-hydrogen) atoms. The maximum absolute atomic E-state index is 9.27. The molecule has 1 aromatic rings. The summed E-state index contributed by atoms with van der Waals surface area (Å²) in [7, 11) is 3.16. The van der Waals surface area contributed by atoms with Crippen molar-refractivity contribution in [2.24, 2.45) is 0 Å². The highest BCUT2D eigenvalue weighted by Gasteiger charge is 2.19. The Kier molecular flexibility index (Phi) is 4.63. The lowest BCUT2D eigenvalue weighted by Crippen LogP contribution is -2.19. The quantitative estimate of drug-likeness (QED) is 0.787. The Hall–Kier alpha value is -1.30. The van der Waals surface area contributed by atoms with E-state index in [1.54, 1.807) is 26.4 Å². The summed E-state index contributed by atoms with van der Waals surface area (Å²) >= 11 is 0. The maximum Gasteiger partial charge on any atom is 0.178 e. The van der Waals surface area contributed by atoms with E-state index in [0.29, 0.717) is 17.1 Å². The molecule has 1 aromatic carbocycles. The van der Waals surface area contributed by atoms with Gasteiger partial charge in [-0.05, 0) is 38.1 Å². The first-order valence-corrected chi connectivity index (χ1v) is 6.49. The average molecular weight is 267 g/mol. The highest BCUT2D eigenvalue weighted by atomic mass is 16.5. The minimum atomic E-state index is -1.52. The number of aliphatic hydroxyl groups is 2. The predicted molar refractivity (Wildman–Crippen MR) is 71.2 cm³/mol. The van der Waals surface area contributed by atoms with Crippen LogP contribution in [-0.4, -0.2) is 42.4 Å². The summed E-state index contributed by atoms with van der Waals surface area (Å²) in [5.41, 5.74) is 1.33. The molecule has 0 aromatic heterocycles. The molecule has 1 saturated heterocycles. The molecule has 0 bridgehead atoms. The van der Waals surface area contributed by atoms with Crippen molar-refractivity contribution < 1.29 is 19.7 Å². The molecule has 0 amide bonds. The van der Waals surface area contributed by atoms with Gasteiger partial charge in [-0.2, -0.15) is 0 Å². The van der Waals surface area contributed by atoms with E-state index in [9.17, 15) is 10.2 Å². The Morgan fingerprint density at radius 1 is 1.11 bits per heavy atom. The van der Waals surface area contributed by atoms with E-state index in [1.165, 1.54) is 12.8 Å². The molecule has 5 nitrogen and oxygen atoms in total. The molecule has 1 heterocycles. The Morgan fingerprint density at radius 2 is 1.63 bits per heavy atom. The first-order valence-electron chi connectivity index (χ1n) is 6.49. The molecule has 0 unspecified atom stereocenters. The molecule has 106 valence electrons. The summed E-state index contributed by atoms with van der Waals surface area (Å²) in [5.74, 6) is 1.27. The number of hydrogen-bond acceptors (Lipinski definition) is 5. The zero-order valence-corrected chi connectivity index (χ0v) is 11.4. The second kappa shape index (κ2) is 6.23. The first kappa shape index (κ1) is 14.1. The van der Waals surface area contributed by atoms with Gasteiger partial charge in [0, 0.05) is 12.1 Å². The van der Waals surface area contributed by atoms with Crippen LogP contribution < -0.4 is 9.47 Å². The first-order chi connectivity index (χ1) is 9.15. The van der Waals surface area contributed by atoms with E-state index in [4.69, 9.17) is 9.47 Å². The third-order valence-corrected chi connectivity index (χ3v) is 3.51. The number of nitrogens with zero attached hydrogens (tertiary/aromatic N) is 1. The number of aliphatic hydroxyl groups excluding tert-OH is 1. The van der Waals surface area contributed by atoms with Gasteiger partial charge in [-0.15, -0.1) is 0 Å². The summed E-state index contributed by atoms with van der Waals surface area (Å²) < 4.78 is 10.7. The highest BCUT2D eigenvalue weighted by molar-refractivity contribution is 5.48. The minimum absolute atomic E-state index is 0.374. The molecule has 1 aliphatic heterocycles. The lowest BCUT2D eigenvalue weighted by molar-refractivity contribution is -0.0427. The summed E-state index contributed by atoms with van der Waals surface area (Å²) in [5, 5.41) is 18.5. The van der Waals surface area contributed by atoms with Crippen LogP contribution in [0.1, 0.15) is 30.3 Å². The van der Waals surface area contributed by atoms with Crippen molar-refractivity contribution in [2.75, 3.05) is 27.3 Å². The van der Waals surface area contributed by atoms with Gasteiger partial charge in [-0.1, -0.05) is 0 Å². The Balaban J connectivity index is 2.33. The van der Waals surface area contributed by atoms with Crippen LogP contribution >= 0.6 is 0 Å². The predicted octanol–water partition coefficient (Wildman–Crippen LogP) is 1.28. The molecule has 5 heteroatoms. The van der Waals surface area contributed by atoms with Crippen LogP contribution in [0.4, 0.5) is 0 Å². The molecule has 0 saturated carbocycles. The second-order valence-electron chi connectivity index (χ2n) is 4.76. The van der Waals surface area contributed by atoms with E-state index in [0.717, 1.165) is 25.2 Å². The van der Waals surface area contributed by atoms with Gasteiger partial charge in [0.25, 0.3) is 0 Å². The van der Waals surface area contributed by atoms with Crippen LogP contribution in [0.3, 0.4) is 0 Å². The zero-order chi connectivity index (χ0) is 13.8. The van der Waals surface area contributed by atoms with E-state index in [-0.39, 0.29) is 0 Å². The van der Waals surface area contributed by atoms with Crippen molar-refractivity contribution in [3.63, 3.8) is 0 Å². The normalized spacial score (nSPS) is 16.1. The van der Waals surface area contributed by atoms with Crippen molar-refractivity contribution in [2.45, 2.75) is 25.7 Å². The highest BCUT2D eigenvalue weighted by Crippen LogP contribution is 2.34. The molecule has 2 rings (SSSR count). The summed E-state index contributed by atoms with van der Waals surface area (Å²) in [6.45, 7) is 2.92. The van der Waals surface area contributed by atoms with Gasteiger partial charge in [0.1, 0.15) is 11.5 Å². The van der Waals surface area contributed by atoms with Gasteiger partial charge in [0.05, 0.1) is 19.8 Å². The zero-order valence-electron chi connectivity index (χ0n) is 11.4. The van der Waals surface area contributed by atoms with Crippen LogP contribution in [0.25, 0.3) is 0 Å². The molecule has 0 radical (unpaired) electrons. The van der Waals surface area contributed by atoms with Gasteiger partial charge >= 0.3 is 0 Å².